The minimum Gasteiger partial charge on any atom is -0.380 e. The smallest absolute Gasteiger partial charge is 0.0622 e. The van der Waals surface area contributed by atoms with Crippen molar-refractivity contribution in [1.29, 1.82) is 0 Å². The summed E-state index contributed by atoms with van der Waals surface area (Å²) in [6.45, 7) is 10.2. The van der Waals surface area contributed by atoms with E-state index in [-0.39, 0.29) is 0 Å². The second-order valence-electron chi connectivity index (χ2n) is 7.79. The number of likely N-dealkylation sites (tertiary alicyclic amines) is 2. The maximum absolute atomic E-state index is 5.61. The van der Waals surface area contributed by atoms with Crippen molar-refractivity contribution in [3.63, 3.8) is 0 Å². The molecule has 128 valence electrons. The zero-order valence-corrected chi connectivity index (χ0v) is 14.5. The number of fused-ring (bicyclic) bond motifs is 1. The summed E-state index contributed by atoms with van der Waals surface area (Å²) in [6, 6.07) is 4.71. The van der Waals surface area contributed by atoms with Crippen LogP contribution in [-0.2, 0) is 11.3 Å². The highest BCUT2D eigenvalue weighted by Crippen LogP contribution is 2.38. The van der Waals surface area contributed by atoms with Crippen LogP contribution in [0.4, 0.5) is 0 Å². The van der Waals surface area contributed by atoms with E-state index in [1.54, 1.807) is 0 Å². The van der Waals surface area contributed by atoms with Gasteiger partial charge in [0.1, 0.15) is 0 Å². The number of hydrogen-bond donors (Lipinski definition) is 0. The summed E-state index contributed by atoms with van der Waals surface area (Å²) in [7, 11) is 0. The Labute approximate surface area is 139 Å². The molecule has 0 aliphatic carbocycles. The number of piperidine rings is 1. The van der Waals surface area contributed by atoms with Gasteiger partial charge in [-0.25, -0.2) is 0 Å². The Kier molecular flexibility index (Phi) is 4.43. The van der Waals surface area contributed by atoms with Crippen LogP contribution in [-0.4, -0.2) is 70.1 Å². The topological polar surface area (TPSA) is 33.5 Å². The fraction of sp³-hybridized carbons (Fsp3) is 0.833. The third-order valence-corrected chi connectivity index (χ3v) is 6.08. The molecule has 1 aromatic heterocycles. The molecular formula is C18H30N4O. The molecule has 3 aliphatic heterocycles. The van der Waals surface area contributed by atoms with Crippen LogP contribution in [0.25, 0.3) is 0 Å². The van der Waals surface area contributed by atoms with E-state index in [2.05, 4.69) is 39.6 Å². The maximum atomic E-state index is 5.61. The molecule has 0 spiro atoms. The van der Waals surface area contributed by atoms with Gasteiger partial charge in [-0.05, 0) is 45.1 Å². The molecule has 0 N–H and O–H groups in total. The van der Waals surface area contributed by atoms with Crippen molar-refractivity contribution in [3.8, 4) is 0 Å². The van der Waals surface area contributed by atoms with Gasteiger partial charge >= 0.3 is 0 Å². The molecule has 5 heteroatoms. The van der Waals surface area contributed by atoms with Gasteiger partial charge in [0.05, 0.1) is 13.2 Å². The molecule has 3 aliphatic rings. The van der Waals surface area contributed by atoms with Gasteiger partial charge in [0.25, 0.3) is 0 Å². The number of ether oxygens (including phenoxy) is 1. The molecule has 4 atom stereocenters. The van der Waals surface area contributed by atoms with E-state index in [0.29, 0.717) is 18.1 Å². The highest BCUT2D eigenvalue weighted by atomic mass is 16.5. The first-order valence-electron chi connectivity index (χ1n) is 9.29. The van der Waals surface area contributed by atoms with Gasteiger partial charge in [0.2, 0.25) is 0 Å². The van der Waals surface area contributed by atoms with Crippen LogP contribution in [0.2, 0.25) is 0 Å². The second kappa shape index (κ2) is 6.54. The van der Waals surface area contributed by atoms with Crippen molar-refractivity contribution < 1.29 is 4.74 Å². The van der Waals surface area contributed by atoms with Gasteiger partial charge in [-0.3, -0.25) is 14.5 Å². The van der Waals surface area contributed by atoms with Crippen LogP contribution in [0.3, 0.4) is 0 Å². The van der Waals surface area contributed by atoms with E-state index in [1.807, 2.05) is 12.3 Å². The van der Waals surface area contributed by atoms with Crippen LogP contribution in [0.1, 0.15) is 33.1 Å². The van der Waals surface area contributed by atoms with E-state index >= 15 is 0 Å². The molecule has 23 heavy (non-hydrogen) atoms. The van der Waals surface area contributed by atoms with Crippen molar-refractivity contribution in [2.24, 2.45) is 5.92 Å². The normalized spacial score (nSPS) is 36.0. The number of nitrogens with zero attached hydrogens (tertiary/aromatic N) is 4. The monoisotopic (exact) mass is 318 g/mol. The highest BCUT2D eigenvalue weighted by molar-refractivity contribution is 5.00. The van der Waals surface area contributed by atoms with Crippen molar-refractivity contribution in [1.82, 2.24) is 19.6 Å². The summed E-state index contributed by atoms with van der Waals surface area (Å²) in [5, 5.41) is 4.43. The van der Waals surface area contributed by atoms with Crippen molar-refractivity contribution >= 4 is 0 Å². The molecule has 0 radical (unpaired) electrons. The first-order chi connectivity index (χ1) is 11.2. The molecule has 4 rings (SSSR count). The lowest BCUT2D eigenvalue weighted by atomic mass is 9.91. The maximum Gasteiger partial charge on any atom is 0.0622 e. The molecule has 0 bridgehead atoms. The summed E-state index contributed by atoms with van der Waals surface area (Å²) in [5.41, 5.74) is 0. The summed E-state index contributed by atoms with van der Waals surface area (Å²) in [4.78, 5) is 5.50. The Hall–Kier alpha value is -0.910. The van der Waals surface area contributed by atoms with Gasteiger partial charge in [-0.1, -0.05) is 0 Å². The SMILES string of the molecule is CC(C)N1[C@H](Cn2cccn2)C[C@@H]2CN(C3CCOC3)CC[C@@H]21. The molecule has 5 nitrogen and oxygen atoms in total. The summed E-state index contributed by atoms with van der Waals surface area (Å²) < 4.78 is 7.72. The molecule has 3 fully saturated rings. The Morgan fingerprint density at radius 2 is 2.22 bits per heavy atom. The molecule has 1 aromatic rings. The molecule has 0 aromatic carbocycles. The third kappa shape index (κ3) is 3.06. The zero-order valence-electron chi connectivity index (χ0n) is 14.5. The molecule has 0 amide bonds. The number of aromatic nitrogens is 2. The average Bonchev–Trinajstić information content (AvgIpc) is 3.27. The number of hydrogen-bond acceptors (Lipinski definition) is 4. The summed E-state index contributed by atoms with van der Waals surface area (Å²) >= 11 is 0. The third-order valence-electron chi connectivity index (χ3n) is 6.08. The van der Waals surface area contributed by atoms with Crippen molar-refractivity contribution in [2.75, 3.05) is 26.3 Å². The van der Waals surface area contributed by atoms with Crippen LogP contribution in [0, 0.1) is 5.92 Å². The second-order valence-corrected chi connectivity index (χ2v) is 7.79. The molecule has 3 saturated heterocycles. The summed E-state index contributed by atoms with van der Waals surface area (Å²) in [6.07, 6.45) is 7.84. The Bertz CT molecular complexity index is 497. The van der Waals surface area contributed by atoms with Gasteiger partial charge in [0.15, 0.2) is 0 Å². The van der Waals surface area contributed by atoms with Gasteiger partial charge < -0.3 is 4.74 Å². The van der Waals surface area contributed by atoms with E-state index in [9.17, 15) is 0 Å². The minimum atomic E-state index is 0.618. The van der Waals surface area contributed by atoms with Crippen LogP contribution in [0.15, 0.2) is 18.5 Å². The molecule has 1 unspecified atom stereocenters. The lowest BCUT2D eigenvalue weighted by Gasteiger charge is -2.42. The van der Waals surface area contributed by atoms with Crippen molar-refractivity contribution in [2.45, 2.75) is 63.8 Å². The largest absolute Gasteiger partial charge is 0.380 e. The van der Waals surface area contributed by atoms with Crippen molar-refractivity contribution in [3.05, 3.63) is 18.5 Å². The minimum absolute atomic E-state index is 0.618. The highest BCUT2D eigenvalue weighted by Gasteiger charge is 2.45. The Morgan fingerprint density at radius 1 is 1.30 bits per heavy atom. The lowest BCUT2D eigenvalue weighted by Crippen LogP contribution is -2.52. The number of rotatable bonds is 4. The average molecular weight is 318 g/mol. The zero-order chi connectivity index (χ0) is 15.8. The molecular weight excluding hydrogens is 288 g/mol. The first-order valence-corrected chi connectivity index (χ1v) is 9.29. The van der Waals surface area contributed by atoms with E-state index < -0.39 is 0 Å². The van der Waals surface area contributed by atoms with Crippen LogP contribution in [0.5, 0.6) is 0 Å². The molecule has 0 saturated carbocycles. The van der Waals surface area contributed by atoms with E-state index in [1.165, 1.54) is 32.4 Å². The van der Waals surface area contributed by atoms with E-state index in [4.69, 9.17) is 4.74 Å². The first kappa shape index (κ1) is 15.6. The Morgan fingerprint density at radius 3 is 2.91 bits per heavy atom. The van der Waals surface area contributed by atoms with Crippen LogP contribution < -0.4 is 0 Å². The predicted octanol–water partition coefficient (Wildman–Crippen LogP) is 1.85. The Balaban J connectivity index is 1.46. The van der Waals surface area contributed by atoms with Crippen LogP contribution >= 0.6 is 0 Å². The fourth-order valence-electron chi connectivity index (χ4n) is 5.15. The predicted molar refractivity (Wildman–Crippen MR) is 90.3 cm³/mol. The standard InChI is InChI=1S/C18H30N4O/c1-14(2)22-17(12-21-7-3-6-19-21)10-15-11-20(8-4-18(15)22)16-5-9-23-13-16/h3,6-7,14-18H,4-5,8-13H2,1-2H3/t15-,16?,17+,18+/m1/s1. The molecule has 4 heterocycles. The quantitative estimate of drug-likeness (QED) is 0.848. The van der Waals surface area contributed by atoms with Gasteiger partial charge in [-0.15, -0.1) is 0 Å². The van der Waals surface area contributed by atoms with Gasteiger partial charge in [-0.2, -0.15) is 5.10 Å². The van der Waals surface area contributed by atoms with Gasteiger partial charge in [0, 0.05) is 56.3 Å². The fourth-order valence-corrected chi connectivity index (χ4v) is 5.15. The van der Waals surface area contributed by atoms with E-state index in [0.717, 1.165) is 31.7 Å². The summed E-state index contributed by atoms with van der Waals surface area (Å²) in [5.74, 6) is 0.812. The lowest BCUT2D eigenvalue weighted by molar-refractivity contribution is 0.0518.